The van der Waals surface area contributed by atoms with E-state index < -0.39 is 12.5 Å². The number of rotatable bonds is 7. The summed E-state index contributed by atoms with van der Waals surface area (Å²) in [4.78, 5) is 11.6. The smallest absolute Gasteiger partial charge is 0.445 e. The van der Waals surface area contributed by atoms with Gasteiger partial charge in [0.15, 0.2) is 0 Å². The molecule has 0 unspecified atom stereocenters. The van der Waals surface area contributed by atoms with E-state index in [1.165, 1.54) is 18.2 Å². The van der Waals surface area contributed by atoms with Crippen LogP contribution in [0.2, 0.25) is 0 Å². The maximum Gasteiger partial charge on any atom is 0.573 e. The van der Waals surface area contributed by atoms with Crippen molar-refractivity contribution in [3.05, 3.63) is 70.2 Å². The summed E-state index contributed by atoms with van der Waals surface area (Å²) < 4.78 is 46.9. The fourth-order valence-electron chi connectivity index (χ4n) is 2.10. The average molecular weight is 444 g/mol. The van der Waals surface area contributed by atoms with E-state index in [1.807, 2.05) is 30.3 Å². The monoisotopic (exact) mass is 443 g/mol. The van der Waals surface area contributed by atoms with E-state index in [0.717, 1.165) is 5.56 Å². The highest BCUT2D eigenvalue weighted by molar-refractivity contribution is 9.10. The summed E-state index contributed by atoms with van der Waals surface area (Å²) in [6.45, 7) is 0.454. The highest BCUT2D eigenvalue weighted by Gasteiger charge is 2.31. The summed E-state index contributed by atoms with van der Waals surface area (Å²) in [5.74, 6) is -0.302. The van der Waals surface area contributed by atoms with E-state index in [9.17, 15) is 18.0 Å². The first kappa shape index (κ1) is 20.8. The molecule has 0 atom stereocenters. The Morgan fingerprint density at radius 3 is 2.59 bits per heavy atom. The Morgan fingerprint density at radius 1 is 1.15 bits per heavy atom. The standard InChI is InChI=1S/C19H17BrF3NO3/c20-16-10-9-15(17(12-16)27-19(21,22)23)8-4-5-11-24-18(25)26-13-14-6-2-1-3-7-14/h1-4,6-10,12H,5,11,13H2,(H,24,25). The third-order valence-corrected chi connectivity index (χ3v) is 3.79. The van der Waals surface area contributed by atoms with Crippen LogP contribution < -0.4 is 10.1 Å². The van der Waals surface area contributed by atoms with Crippen molar-refractivity contribution in [1.29, 1.82) is 0 Å². The van der Waals surface area contributed by atoms with Crippen LogP contribution in [-0.4, -0.2) is 19.0 Å². The largest absolute Gasteiger partial charge is 0.573 e. The van der Waals surface area contributed by atoms with Gasteiger partial charge in [0, 0.05) is 16.6 Å². The SMILES string of the molecule is O=C(NCCC=Cc1ccc(Br)cc1OC(F)(F)F)OCc1ccccc1. The molecule has 27 heavy (non-hydrogen) atoms. The summed E-state index contributed by atoms with van der Waals surface area (Å²) in [5.41, 5.74) is 1.15. The molecule has 0 heterocycles. The number of nitrogens with one attached hydrogen (secondary N) is 1. The van der Waals surface area contributed by atoms with Gasteiger partial charge in [-0.1, -0.05) is 64.5 Å². The molecule has 0 fully saturated rings. The lowest BCUT2D eigenvalue weighted by Gasteiger charge is -2.11. The molecule has 2 aromatic rings. The number of carbonyl (C=O) groups excluding carboxylic acids is 1. The van der Waals surface area contributed by atoms with Crippen LogP contribution in [0, 0.1) is 0 Å². The van der Waals surface area contributed by atoms with Crippen molar-refractivity contribution >= 4 is 28.1 Å². The van der Waals surface area contributed by atoms with Crippen LogP contribution in [0.4, 0.5) is 18.0 Å². The van der Waals surface area contributed by atoms with Crippen LogP contribution in [0.15, 0.2) is 59.1 Å². The second-order valence-corrected chi connectivity index (χ2v) is 6.33. The highest BCUT2D eigenvalue weighted by atomic mass is 79.9. The van der Waals surface area contributed by atoms with E-state index in [0.29, 0.717) is 10.9 Å². The van der Waals surface area contributed by atoms with Gasteiger partial charge in [0.05, 0.1) is 0 Å². The first-order chi connectivity index (χ1) is 12.8. The van der Waals surface area contributed by atoms with Crippen molar-refractivity contribution in [3.63, 3.8) is 0 Å². The predicted octanol–water partition coefficient (Wildman–Crippen LogP) is 5.68. The first-order valence-corrected chi connectivity index (χ1v) is 8.79. The molecule has 0 aliphatic rings. The highest BCUT2D eigenvalue weighted by Crippen LogP contribution is 2.30. The zero-order chi connectivity index (χ0) is 19.7. The molecular weight excluding hydrogens is 427 g/mol. The minimum absolute atomic E-state index is 0.166. The van der Waals surface area contributed by atoms with Crippen molar-refractivity contribution in [1.82, 2.24) is 5.32 Å². The number of carbonyl (C=O) groups is 1. The van der Waals surface area contributed by atoms with Gasteiger partial charge >= 0.3 is 12.5 Å². The van der Waals surface area contributed by atoms with Crippen molar-refractivity contribution in [2.75, 3.05) is 6.54 Å². The first-order valence-electron chi connectivity index (χ1n) is 8.00. The molecule has 2 aromatic carbocycles. The molecule has 0 saturated carbocycles. The molecule has 0 aliphatic carbocycles. The van der Waals surface area contributed by atoms with Crippen LogP contribution in [-0.2, 0) is 11.3 Å². The number of ether oxygens (including phenoxy) is 2. The van der Waals surface area contributed by atoms with Crippen molar-refractivity contribution < 1.29 is 27.4 Å². The van der Waals surface area contributed by atoms with Crippen LogP contribution in [0.5, 0.6) is 5.75 Å². The molecule has 2 rings (SSSR count). The molecule has 0 aliphatic heterocycles. The van der Waals surface area contributed by atoms with Gasteiger partial charge in [-0.2, -0.15) is 0 Å². The van der Waals surface area contributed by atoms with Gasteiger partial charge in [-0.15, -0.1) is 13.2 Å². The van der Waals surface area contributed by atoms with Crippen LogP contribution >= 0.6 is 15.9 Å². The molecule has 4 nitrogen and oxygen atoms in total. The van der Waals surface area contributed by atoms with Crippen molar-refractivity contribution in [2.24, 2.45) is 0 Å². The number of halogens is 4. The molecule has 1 amide bonds. The normalized spacial score (nSPS) is 11.4. The summed E-state index contributed by atoms with van der Waals surface area (Å²) in [6.07, 6.45) is -1.76. The molecule has 0 aromatic heterocycles. The van der Waals surface area contributed by atoms with Crippen LogP contribution in [0.3, 0.4) is 0 Å². The minimum atomic E-state index is -4.77. The second-order valence-electron chi connectivity index (χ2n) is 5.41. The van der Waals surface area contributed by atoms with E-state index >= 15 is 0 Å². The quantitative estimate of drug-likeness (QED) is 0.560. The molecule has 0 bridgehead atoms. The Bertz CT molecular complexity index is 780. The lowest BCUT2D eigenvalue weighted by atomic mass is 10.2. The molecule has 0 spiro atoms. The fraction of sp³-hybridized carbons (Fsp3) is 0.211. The van der Waals surface area contributed by atoms with E-state index in [1.54, 1.807) is 12.1 Å². The number of benzene rings is 2. The molecule has 144 valence electrons. The Kier molecular flexibility index (Phi) is 7.72. The molecule has 0 radical (unpaired) electrons. The van der Waals surface area contributed by atoms with Crippen LogP contribution in [0.1, 0.15) is 17.5 Å². The molecule has 8 heteroatoms. The van der Waals surface area contributed by atoms with Crippen molar-refractivity contribution in [2.45, 2.75) is 19.4 Å². The topological polar surface area (TPSA) is 47.6 Å². The average Bonchev–Trinajstić information content (AvgIpc) is 2.61. The lowest BCUT2D eigenvalue weighted by molar-refractivity contribution is -0.274. The zero-order valence-corrected chi connectivity index (χ0v) is 15.7. The summed E-state index contributed by atoms with van der Waals surface area (Å²) in [7, 11) is 0. The van der Waals surface area contributed by atoms with Gasteiger partial charge in [0.25, 0.3) is 0 Å². The Hall–Kier alpha value is -2.48. The summed E-state index contributed by atoms with van der Waals surface area (Å²) in [5, 5.41) is 2.57. The van der Waals surface area contributed by atoms with Gasteiger partial charge in [-0.05, 0) is 24.1 Å². The number of amides is 1. The third kappa shape index (κ3) is 8.17. The van der Waals surface area contributed by atoms with Gasteiger partial charge in [0.2, 0.25) is 0 Å². The third-order valence-electron chi connectivity index (χ3n) is 3.29. The Morgan fingerprint density at radius 2 is 1.89 bits per heavy atom. The second kappa shape index (κ2) is 10.0. The Balaban J connectivity index is 1.78. The summed E-state index contributed by atoms with van der Waals surface area (Å²) in [6, 6.07) is 13.6. The predicted molar refractivity (Wildman–Crippen MR) is 99.1 cm³/mol. The van der Waals surface area contributed by atoms with Crippen LogP contribution in [0.25, 0.3) is 6.08 Å². The number of hydrogen-bond donors (Lipinski definition) is 1. The number of alkyl carbamates (subject to hydrolysis) is 1. The Labute approximate surface area is 163 Å². The van der Waals surface area contributed by atoms with Gasteiger partial charge in [-0.25, -0.2) is 4.79 Å². The summed E-state index contributed by atoms with van der Waals surface area (Å²) >= 11 is 3.11. The molecular formula is C19H17BrF3NO3. The van der Waals surface area contributed by atoms with Gasteiger partial charge in [0.1, 0.15) is 12.4 Å². The van der Waals surface area contributed by atoms with E-state index in [4.69, 9.17) is 4.74 Å². The number of alkyl halides is 3. The zero-order valence-electron chi connectivity index (χ0n) is 14.1. The fourth-order valence-corrected chi connectivity index (χ4v) is 2.44. The maximum atomic E-state index is 12.5. The van der Waals surface area contributed by atoms with Gasteiger partial charge < -0.3 is 14.8 Å². The minimum Gasteiger partial charge on any atom is -0.445 e. The molecule has 1 N–H and O–H groups in total. The van der Waals surface area contributed by atoms with Crippen molar-refractivity contribution in [3.8, 4) is 5.75 Å². The molecule has 0 saturated heterocycles. The van der Waals surface area contributed by atoms with E-state index in [2.05, 4.69) is 26.0 Å². The maximum absolute atomic E-state index is 12.5. The number of hydrogen-bond acceptors (Lipinski definition) is 3. The lowest BCUT2D eigenvalue weighted by Crippen LogP contribution is -2.24. The van der Waals surface area contributed by atoms with E-state index in [-0.39, 0.29) is 24.5 Å². The van der Waals surface area contributed by atoms with Gasteiger partial charge in [-0.3, -0.25) is 0 Å².